The van der Waals surface area contributed by atoms with Crippen molar-refractivity contribution in [2.75, 3.05) is 0 Å². The number of halogens is 4. The lowest BCUT2D eigenvalue weighted by Crippen LogP contribution is -2.17. The average Bonchev–Trinajstić information content (AvgIpc) is 2.73. The van der Waals surface area contributed by atoms with E-state index >= 15 is 0 Å². The molecule has 2 aromatic rings. The molecule has 0 saturated heterocycles. The van der Waals surface area contributed by atoms with Gasteiger partial charge >= 0.3 is 12.1 Å². The highest BCUT2D eigenvalue weighted by Gasteiger charge is 2.40. The number of carbonyl (C=O) groups is 1. The quantitative estimate of drug-likeness (QED) is 0.923. The Bertz CT molecular complexity index is 680. The van der Waals surface area contributed by atoms with Crippen molar-refractivity contribution in [1.29, 1.82) is 0 Å². The van der Waals surface area contributed by atoms with E-state index in [0.29, 0.717) is 21.5 Å². The summed E-state index contributed by atoms with van der Waals surface area (Å²) in [5.74, 6) is -1.69. The maximum Gasteiger partial charge on any atom is 0.434 e. The number of hydrogen-bond donors (Lipinski definition) is 1. The Morgan fingerprint density at radius 1 is 1.40 bits per heavy atom. The fourth-order valence-electron chi connectivity index (χ4n) is 1.82. The van der Waals surface area contributed by atoms with Crippen molar-refractivity contribution < 1.29 is 23.1 Å². The molecule has 8 heteroatoms. The van der Waals surface area contributed by atoms with Crippen LogP contribution in [-0.4, -0.2) is 20.9 Å². The van der Waals surface area contributed by atoms with Gasteiger partial charge in [0.25, 0.3) is 0 Å². The highest BCUT2D eigenvalue weighted by Crippen LogP contribution is 2.34. The molecule has 1 aromatic heterocycles. The number of alkyl halides is 3. The SMILES string of the molecule is Cc1cc(Cl)ccc1-n1ncc(C(=O)O)c1C(F)(F)F. The molecule has 1 heterocycles. The highest BCUT2D eigenvalue weighted by molar-refractivity contribution is 6.30. The molecule has 4 nitrogen and oxygen atoms in total. The molecule has 0 bridgehead atoms. The van der Waals surface area contributed by atoms with Crippen molar-refractivity contribution in [3.8, 4) is 5.69 Å². The van der Waals surface area contributed by atoms with Gasteiger partial charge in [0.05, 0.1) is 11.9 Å². The molecule has 1 N–H and O–H groups in total. The lowest BCUT2D eigenvalue weighted by Gasteiger charge is -2.13. The number of benzene rings is 1. The van der Waals surface area contributed by atoms with E-state index in [1.807, 2.05) is 0 Å². The van der Waals surface area contributed by atoms with Crippen molar-refractivity contribution in [3.63, 3.8) is 0 Å². The standard InChI is InChI=1S/C12H8ClF3N2O2/c1-6-4-7(13)2-3-9(6)18-10(12(14,15)16)8(5-17-18)11(19)20/h2-5H,1H3,(H,19,20). The van der Waals surface area contributed by atoms with Crippen LogP contribution in [0.1, 0.15) is 21.6 Å². The summed E-state index contributed by atoms with van der Waals surface area (Å²) in [5.41, 5.74) is -1.65. The first-order chi connectivity index (χ1) is 9.21. The maximum absolute atomic E-state index is 13.0. The number of aromatic nitrogens is 2. The zero-order valence-electron chi connectivity index (χ0n) is 10.1. The van der Waals surface area contributed by atoms with E-state index in [1.54, 1.807) is 6.92 Å². The lowest BCUT2D eigenvalue weighted by atomic mass is 10.2. The smallest absolute Gasteiger partial charge is 0.434 e. The van der Waals surface area contributed by atoms with Crippen LogP contribution in [0, 0.1) is 6.92 Å². The minimum Gasteiger partial charge on any atom is -0.478 e. The molecule has 0 saturated carbocycles. The molecule has 0 fully saturated rings. The molecule has 2 rings (SSSR count). The number of carboxylic acid groups (broad SMARTS) is 1. The number of carboxylic acids is 1. The van der Waals surface area contributed by atoms with Gasteiger partial charge in [-0.25, -0.2) is 9.48 Å². The van der Waals surface area contributed by atoms with E-state index < -0.39 is 23.4 Å². The van der Waals surface area contributed by atoms with Crippen molar-refractivity contribution >= 4 is 17.6 Å². The van der Waals surface area contributed by atoms with Crippen molar-refractivity contribution in [2.24, 2.45) is 0 Å². The largest absolute Gasteiger partial charge is 0.478 e. The molecule has 0 atom stereocenters. The van der Waals surface area contributed by atoms with Gasteiger partial charge in [0.15, 0.2) is 5.69 Å². The molecule has 0 spiro atoms. The molecule has 0 aliphatic carbocycles. The van der Waals surface area contributed by atoms with Gasteiger partial charge in [0.2, 0.25) is 0 Å². The van der Waals surface area contributed by atoms with Gasteiger partial charge in [-0.3, -0.25) is 0 Å². The Balaban J connectivity index is 2.72. The third-order valence-electron chi connectivity index (χ3n) is 2.66. The minimum absolute atomic E-state index is 0.120. The van der Waals surface area contributed by atoms with Gasteiger partial charge < -0.3 is 5.11 Å². The number of aromatic carboxylic acids is 1. The molecule has 0 unspecified atom stereocenters. The normalized spacial score (nSPS) is 11.7. The fraction of sp³-hybridized carbons (Fsp3) is 0.167. The highest BCUT2D eigenvalue weighted by atomic mass is 35.5. The maximum atomic E-state index is 13.0. The Hall–Kier alpha value is -2.02. The molecule has 0 aliphatic rings. The van der Waals surface area contributed by atoms with E-state index in [1.165, 1.54) is 18.2 Å². The molecule has 0 aliphatic heterocycles. The number of rotatable bonds is 2. The van der Waals surface area contributed by atoms with Gasteiger partial charge in [-0.2, -0.15) is 18.3 Å². The van der Waals surface area contributed by atoms with Gasteiger partial charge in [0, 0.05) is 5.02 Å². The molecule has 0 radical (unpaired) electrons. The molecule has 1 aromatic carbocycles. The Morgan fingerprint density at radius 3 is 2.55 bits per heavy atom. The van der Waals surface area contributed by atoms with Gasteiger partial charge in [-0.05, 0) is 30.7 Å². The monoisotopic (exact) mass is 304 g/mol. The topological polar surface area (TPSA) is 55.1 Å². The van der Waals surface area contributed by atoms with Crippen LogP contribution in [0.15, 0.2) is 24.4 Å². The average molecular weight is 305 g/mol. The van der Waals surface area contributed by atoms with Crippen LogP contribution in [0.25, 0.3) is 5.69 Å². The first-order valence-electron chi connectivity index (χ1n) is 5.37. The van der Waals surface area contributed by atoms with E-state index in [0.717, 1.165) is 0 Å². The number of aryl methyl sites for hydroxylation is 1. The summed E-state index contributed by atoms with van der Waals surface area (Å²) in [4.78, 5) is 10.9. The van der Waals surface area contributed by atoms with Crippen LogP contribution in [0.5, 0.6) is 0 Å². The number of hydrogen-bond acceptors (Lipinski definition) is 2. The lowest BCUT2D eigenvalue weighted by molar-refractivity contribution is -0.143. The second kappa shape index (κ2) is 4.82. The van der Waals surface area contributed by atoms with Crippen LogP contribution in [-0.2, 0) is 6.18 Å². The Morgan fingerprint density at radius 2 is 2.05 bits per heavy atom. The minimum atomic E-state index is -4.84. The zero-order chi connectivity index (χ0) is 15.1. The zero-order valence-corrected chi connectivity index (χ0v) is 10.8. The summed E-state index contributed by atoms with van der Waals surface area (Å²) < 4.78 is 39.7. The predicted molar refractivity (Wildman–Crippen MR) is 65.3 cm³/mol. The van der Waals surface area contributed by atoms with Crippen LogP contribution >= 0.6 is 11.6 Å². The van der Waals surface area contributed by atoms with Gasteiger partial charge in [0.1, 0.15) is 5.56 Å². The molecular weight excluding hydrogens is 297 g/mol. The Labute approximate surface area is 116 Å². The summed E-state index contributed by atoms with van der Waals surface area (Å²) in [6.07, 6.45) is -4.16. The fourth-order valence-corrected chi connectivity index (χ4v) is 2.04. The van der Waals surface area contributed by atoms with Crippen LogP contribution in [0.3, 0.4) is 0 Å². The molecular formula is C12H8ClF3N2O2. The second-order valence-electron chi connectivity index (χ2n) is 4.05. The summed E-state index contributed by atoms with van der Waals surface area (Å²) in [6, 6.07) is 4.23. The van der Waals surface area contributed by atoms with Crippen molar-refractivity contribution in [3.05, 3.63) is 46.2 Å². The first kappa shape index (κ1) is 14.4. The second-order valence-corrected chi connectivity index (χ2v) is 4.49. The van der Waals surface area contributed by atoms with Crippen LogP contribution < -0.4 is 0 Å². The van der Waals surface area contributed by atoms with Crippen LogP contribution in [0.4, 0.5) is 13.2 Å². The van der Waals surface area contributed by atoms with Crippen molar-refractivity contribution in [1.82, 2.24) is 9.78 Å². The van der Waals surface area contributed by atoms with Crippen molar-refractivity contribution in [2.45, 2.75) is 13.1 Å². The predicted octanol–water partition coefficient (Wildman–Crippen LogP) is 3.55. The molecule has 106 valence electrons. The summed E-state index contributed by atoms with van der Waals surface area (Å²) >= 11 is 5.74. The van der Waals surface area contributed by atoms with E-state index in [9.17, 15) is 18.0 Å². The first-order valence-corrected chi connectivity index (χ1v) is 5.74. The third kappa shape index (κ3) is 2.49. The summed E-state index contributed by atoms with van der Waals surface area (Å²) in [7, 11) is 0. The van der Waals surface area contributed by atoms with E-state index in [2.05, 4.69) is 5.10 Å². The summed E-state index contributed by atoms with van der Waals surface area (Å²) in [5, 5.41) is 12.7. The number of nitrogens with zero attached hydrogens (tertiary/aromatic N) is 2. The van der Waals surface area contributed by atoms with Gasteiger partial charge in [-0.15, -0.1) is 0 Å². The van der Waals surface area contributed by atoms with Crippen LogP contribution in [0.2, 0.25) is 5.02 Å². The van der Waals surface area contributed by atoms with E-state index in [4.69, 9.17) is 16.7 Å². The van der Waals surface area contributed by atoms with E-state index in [-0.39, 0.29) is 5.69 Å². The molecule has 0 amide bonds. The summed E-state index contributed by atoms with van der Waals surface area (Å²) in [6.45, 7) is 1.56. The third-order valence-corrected chi connectivity index (χ3v) is 2.89. The van der Waals surface area contributed by atoms with Gasteiger partial charge in [-0.1, -0.05) is 11.6 Å². The Kier molecular flexibility index (Phi) is 3.47. The molecule has 20 heavy (non-hydrogen) atoms.